The van der Waals surface area contributed by atoms with E-state index in [-0.39, 0.29) is 12.1 Å². The van der Waals surface area contributed by atoms with Gasteiger partial charge in [-0.2, -0.15) is 18.4 Å². The van der Waals surface area contributed by atoms with Gasteiger partial charge < -0.3 is 5.73 Å². The molecule has 1 aliphatic heterocycles. The molecule has 1 heterocycles. The Kier molecular flexibility index (Phi) is 5.09. The third kappa shape index (κ3) is 3.95. The van der Waals surface area contributed by atoms with Crippen molar-refractivity contribution < 1.29 is 27.4 Å². The zero-order valence-electron chi connectivity index (χ0n) is 13.0. The number of urea groups is 1. The molecule has 132 valence electrons. The van der Waals surface area contributed by atoms with E-state index in [1.54, 1.807) is 6.92 Å². The van der Waals surface area contributed by atoms with Gasteiger partial charge in [-0.05, 0) is 30.7 Å². The number of hydrogen-bond donors (Lipinski definition) is 2. The van der Waals surface area contributed by atoms with Gasteiger partial charge in [0.05, 0.1) is 4.90 Å². The summed E-state index contributed by atoms with van der Waals surface area (Å²) in [5.74, 6) is -2.18. The molecule has 0 aromatic heterocycles. The number of nitrogens with zero attached hydrogens (tertiary/aromatic N) is 3. The van der Waals surface area contributed by atoms with Crippen LogP contribution in [0.1, 0.15) is 23.7 Å². The van der Waals surface area contributed by atoms with Gasteiger partial charge in [-0.3, -0.25) is 19.0 Å². The molecular weight excluding hydrogens is 352 g/mol. The van der Waals surface area contributed by atoms with Gasteiger partial charge in [0.2, 0.25) is 0 Å². The van der Waals surface area contributed by atoms with Crippen LogP contribution < -0.4 is 5.73 Å². The van der Waals surface area contributed by atoms with E-state index in [0.717, 1.165) is 29.2 Å². The van der Waals surface area contributed by atoms with Gasteiger partial charge in [0, 0.05) is 12.1 Å². The first-order valence-electron chi connectivity index (χ1n) is 7.06. The average molecular weight is 366 g/mol. The fourth-order valence-electron chi connectivity index (χ4n) is 2.00. The predicted octanol–water partition coefficient (Wildman–Crippen LogP) is 0.244. The van der Waals surface area contributed by atoms with Crippen LogP contribution in [0.15, 0.2) is 39.1 Å². The van der Waals surface area contributed by atoms with E-state index >= 15 is 0 Å². The van der Waals surface area contributed by atoms with Crippen LogP contribution in [-0.2, 0) is 14.9 Å². The zero-order chi connectivity index (χ0) is 18.8. The van der Waals surface area contributed by atoms with Crippen molar-refractivity contribution in [1.82, 2.24) is 4.90 Å². The highest BCUT2D eigenvalue weighted by Gasteiger charge is 2.33. The van der Waals surface area contributed by atoms with Crippen molar-refractivity contribution in [2.45, 2.75) is 18.2 Å². The first-order valence-corrected chi connectivity index (χ1v) is 8.50. The van der Waals surface area contributed by atoms with Crippen molar-refractivity contribution in [2.24, 2.45) is 15.7 Å². The molecule has 2 rings (SSSR count). The standard InChI is InChI=1S/C14H14N4O6S/c1-2-7-18-13(20)10(11(15)17-14(18)21)16-12(19)8-3-5-9(6-4-8)25(22,23)24/h3-6H,2,7H2,1H3,(H2,15,17,21)(H,22,23,24). The molecule has 4 amide bonds. The molecule has 1 aromatic rings. The number of benzene rings is 1. The van der Waals surface area contributed by atoms with Crippen molar-refractivity contribution in [1.29, 1.82) is 0 Å². The molecule has 0 fully saturated rings. The normalized spacial score (nSPS) is 17.0. The van der Waals surface area contributed by atoms with Gasteiger partial charge in [-0.1, -0.05) is 6.92 Å². The molecule has 0 radical (unpaired) electrons. The molecule has 0 atom stereocenters. The number of imide groups is 1. The molecule has 1 aliphatic rings. The molecule has 0 aliphatic carbocycles. The summed E-state index contributed by atoms with van der Waals surface area (Å²) in [6, 6.07) is 3.43. The first kappa shape index (κ1) is 18.4. The van der Waals surface area contributed by atoms with E-state index in [1.165, 1.54) is 0 Å². The number of carbonyl (C=O) groups excluding carboxylic acids is 3. The van der Waals surface area contributed by atoms with Crippen LogP contribution in [0.3, 0.4) is 0 Å². The number of rotatable bonds is 4. The summed E-state index contributed by atoms with van der Waals surface area (Å²) in [7, 11) is -4.39. The maximum absolute atomic E-state index is 12.2. The lowest BCUT2D eigenvalue weighted by Crippen LogP contribution is -2.50. The maximum atomic E-state index is 12.2. The van der Waals surface area contributed by atoms with E-state index < -0.39 is 44.4 Å². The minimum absolute atomic E-state index is 0.0422. The van der Waals surface area contributed by atoms with Crippen molar-refractivity contribution in [2.75, 3.05) is 6.54 Å². The number of aliphatic imine (C=N–C) groups is 2. The van der Waals surface area contributed by atoms with Gasteiger partial charge in [-0.25, -0.2) is 4.79 Å². The summed E-state index contributed by atoms with van der Waals surface area (Å²) in [5.41, 5.74) is 5.01. The number of carbonyl (C=O) groups is 3. The van der Waals surface area contributed by atoms with Gasteiger partial charge in [-0.15, -0.1) is 0 Å². The third-order valence-corrected chi connectivity index (χ3v) is 4.06. The molecule has 25 heavy (non-hydrogen) atoms. The fourth-order valence-corrected chi connectivity index (χ4v) is 2.48. The summed E-state index contributed by atoms with van der Waals surface area (Å²) >= 11 is 0. The first-order chi connectivity index (χ1) is 11.6. The Morgan fingerprint density at radius 1 is 1.28 bits per heavy atom. The van der Waals surface area contributed by atoms with Crippen LogP contribution in [0.5, 0.6) is 0 Å². The number of amides is 4. The van der Waals surface area contributed by atoms with Gasteiger partial charge in [0.1, 0.15) is 0 Å². The van der Waals surface area contributed by atoms with Crippen LogP contribution >= 0.6 is 0 Å². The van der Waals surface area contributed by atoms with E-state index in [9.17, 15) is 22.8 Å². The van der Waals surface area contributed by atoms with Crippen LogP contribution in [0, 0.1) is 0 Å². The third-order valence-electron chi connectivity index (χ3n) is 3.20. The molecule has 0 saturated carbocycles. The highest BCUT2D eigenvalue weighted by Crippen LogP contribution is 2.12. The lowest BCUT2D eigenvalue weighted by atomic mass is 10.2. The van der Waals surface area contributed by atoms with Crippen LogP contribution in [0.25, 0.3) is 0 Å². The van der Waals surface area contributed by atoms with Crippen molar-refractivity contribution in [3.05, 3.63) is 29.8 Å². The molecule has 0 saturated heterocycles. The Hall–Kier alpha value is -2.92. The van der Waals surface area contributed by atoms with Crippen molar-refractivity contribution in [3.8, 4) is 0 Å². The highest BCUT2D eigenvalue weighted by molar-refractivity contribution is 7.85. The molecule has 10 nitrogen and oxygen atoms in total. The van der Waals surface area contributed by atoms with E-state index in [4.69, 9.17) is 10.3 Å². The SMILES string of the molecule is CCCN1C(=O)N=C(N)C(=NC(=O)c2ccc(S(=O)(=O)O)cc2)C1=O. The summed E-state index contributed by atoms with van der Waals surface area (Å²) in [6.45, 7) is 1.85. The van der Waals surface area contributed by atoms with Gasteiger partial charge >= 0.3 is 6.03 Å². The Bertz CT molecular complexity index is 902. The monoisotopic (exact) mass is 366 g/mol. The maximum Gasteiger partial charge on any atom is 0.352 e. The Labute approximate surface area is 142 Å². The van der Waals surface area contributed by atoms with Gasteiger partial charge in [0.25, 0.3) is 21.9 Å². The molecular formula is C14H14N4O6S. The smallest absolute Gasteiger partial charge is 0.352 e. The molecule has 1 aromatic carbocycles. The number of hydrogen-bond acceptors (Lipinski definition) is 6. The number of nitrogens with two attached hydrogens (primary N) is 1. The molecule has 11 heteroatoms. The second kappa shape index (κ2) is 6.91. The molecule has 0 spiro atoms. The minimum atomic E-state index is -4.39. The predicted molar refractivity (Wildman–Crippen MR) is 87.0 cm³/mol. The van der Waals surface area contributed by atoms with Gasteiger partial charge in [0.15, 0.2) is 11.5 Å². The lowest BCUT2D eigenvalue weighted by molar-refractivity contribution is -0.121. The van der Waals surface area contributed by atoms with E-state index in [0.29, 0.717) is 6.42 Å². The second-order valence-corrected chi connectivity index (χ2v) is 6.42. The summed E-state index contributed by atoms with van der Waals surface area (Å²) in [6.07, 6.45) is 0.491. The van der Waals surface area contributed by atoms with Crippen LogP contribution in [0.2, 0.25) is 0 Å². The Morgan fingerprint density at radius 3 is 2.40 bits per heavy atom. The Balaban J connectivity index is 2.35. The van der Waals surface area contributed by atoms with Crippen molar-refractivity contribution >= 4 is 39.5 Å². The fraction of sp³-hybridized carbons (Fsp3) is 0.214. The molecule has 0 bridgehead atoms. The number of amidine groups is 1. The van der Waals surface area contributed by atoms with E-state index in [2.05, 4.69) is 9.98 Å². The summed E-state index contributed by atoms with van der Waals surface area (Å²) < 4.78 is 30.8. The average Bonchev–Trinajstić information content (AvgIpc) is 2.54. The Morgan fingerprint density at radius 2 is 1.88 bits per heavy atom. The van der Waals surface area contributed by atoms with Crippen molar-refractivity contribution in [3.63, 3.8) is 0 Å². The van der Waals surface area contributed by atoms with Crippen LogP contribution in [0.4, 0.5) is 4.79 Å². The summed E-state index contributed by atoms with van der Waals surface area (Å²) in [4.78, 5) is 43.5. The quantitative estimate of drug-likeness (QED) is 0.722. The highest BCUT2D eigenvalue weighted by atomic mass is 32.2. The largest absolute Gasteiger partial charge is 0.382 e. The topological polar surface area (TPSA) is 160 Å². The minimum Gasteiger partial charge on any atom is -0.382 e. The van der Waals surface area contributed by atoms with Crippen LogP contribution in [-0.4, -0.2) is 53.8 Å². The van der Waals surface area contributed by atoms with E-state index in [1.807, 2.05) is 0 Å². The zero-order valence-corrected chi connectivity index (χ0v) is 13.9. The molecule has 3 N–H and O–H groups in total. The lowest BCUT2D eigenvalue weighted by Gasteiger charge is -2.22. The summed E-state index contributed by atoms with van der Waals surface area (Å²) in [5, 5.41) is 0. The molecule has 0 unspecified atom stereocenters. The second-order valence-electron chi connectivity index (χ2n) is 5.00.